The lowest BCUT2D eigenvalue weighted by atomic mass is 10.1. The quantitative estimate of drug-likeness (QED) is 0.494. The van der Waals surface area contributed by atoms with E-state index in [9.17, 15) is 4.79 Å². The number of hydrogen-bond donors (Lipinski definition) is 1. The molecule has 4 aromatic rings. The first-order valence-corrected chi connectivity index (χ1v) is 9.47. The van der Waals surface area contributed by atoms with Crippen molar-refractivity contribution >= 4 is 45.3 Å². The van der Waals surface area contributed by atoms with E-state index >= 15 is 0 Å². The van der Waals surface area contributed by atoms with Gasteiger partial charge in [0, 0.05) is 23.0 Å². The molecule has 5 nitrogen and oxygen atoms in total. The third-order valence-corrected chi connectivity index (χ3v) is 5.15. The fraction of sp³-hybridized carbons (Fsp3) is 0.143. The van der Waals surface area contributed by atoms with Crippen LogP contribution in [0.25, 0.3) is 21.9 Å². The number of thioether (sulfide) groups is 1. The van der Waals surface area contributed by atoms with E-state index in [2.05, 4.69) is 10.3 Å². The summed E-state index contributed by atoms with van der Waals surface area (Å²) in [5.74, 6) is 0.731. The highest BCUT2D eigenvalue weighted by atomic mass is 32.2. The average Bonchev–Trinajstić information content (AvgIpc) is 3.04. The summed E-state index contributed by atoms with van der Waals surface area (Å²) in [7, 11) is 1.59. The third kappa shape index (κ3) is 3.61. The lowest BCUT2D eigenvalue weighted by Crippen LogP contribution is -2.14. The van der Waals surface area contributed by atoms with Gasteiger partial charge in [0.1, 0.15) is 16.9 Å². The van der Waals surface area contributed by atoms with E-state index in [1.807, 2.05) is 49.4 Å². The molecule has 0 bridgehead atoms. The minimum absolute atomic E-state index is 0.129. The maximum atomic E-state index is 12.4. The first-order valence-electron chi connectivity index (χ1n) is 8.48. The molecule has 2 heterocycles. The molecule has 0 aliphatic carbocycles. The number of furan rings is 1. The van der Waals surface area contributed by atoms with Gasteiger partial charge in [0.05, 0.1) is 23.6 Å². The van der Waals surface area contributed by atoms with Gasteiger partial charge in [-0.15, -0.1) is 0 Å². The molecule has 0 aliphatic rings. The molecular formula is C21H18N2O3S. The molecule has 0 unspecified atom stereocenters. The van der Waals surface area contributed by atoms with Crippen molar-refractivity contribution in [2.75, 3.05) is 18.2 Å². The van der Waals surface area contributed by atoms with E-state index < -0.39 is 0 Å². The number of anilines is 1. The first kappa shape index (κ1) is 17.4. The predicted octanol–water partition coefficient (Wildman–Crippen LogP) is 5.03. The number of amides is 1. The molecule has 4 rings (SSSR count). The molecular weight excluding hydrogens is 360 g/mol. The second-order valence-electron chi connectivity index (χ2n) is 6.16. The molecule has 0 aliphatic heterocycles. The number of rotatable bonds is 5. The molecule has 27 heavy (non-hydrogen) atoms. The first-order chi connectivity index (χ1) is 13.1. The zero-order valence-corrected chi connectivity index (χ0v) is 15.8. The minimum atomic E-state index is -0.129. The maximum absolute atomic E-state index is 12.4. The van der Waals surface area contributed by atoms with Crippen LogP contribution < -0.4 is 10.1 Å². The van der Waals surface area contributed by atoms with Crippen molar-refractivity contribution < 1.29 is 13.9 Å². The smallest absolute Gasteiger partial charge is 0.234 e. The number of hydrogen-bond acceptors (Lipinski definition) is 5. The molecule has 0 radical (unpaired) electrons. The van der Waals surface area contributed by atoms with Crippen LogP contribution in [-0.2, 0) is 4.79 Å². The fourth-order valence-electron chi connectivity index (χ4n) is 2.88. The van der Waals surface area contributed by atoms with Crippen molar-refractivity contribution in [3.63, 3.8) is 0 Å². The zero-order chi connectivity index (χ0) is 18.8. The third-order valence-electron chi connectivity index (χ3n) is 4.21. The van der Waals surface area contributed by atoms with Crippen molar-refractivity contribution in [2.45, 2.75) is 11.9 Å². The zero-order valence-electron chi connectivity index (χ0n) is 15.0. The van der Waals surface area contributed by atoms with Crippen LogP contribution in [0.5, 0.6) is 5.75 Å². The number of ether oxygens (including phenoxy) is 1. The Kier molecular flexibility index (Phi) is 4.73. The monoisotopic (exact) mass is 378 g/mol. The van der Waals surface area contributed by atoms with E-state index in [1.165, 1.54) is 11.8 Å². The van der Waals surface area contributed by atoms with Crippen LogP contribution in [0.1, 0.15) is 5.56 Å². The lowest BCUT2D eigenvalue weighted by Gasteiger charge is -2.10. The lowest BCUT2D eigenvalue weighted by molar-refractivity contribution is -0.113. The number of carbonyl (C=O) groups excluding carboxylic acids is 1. The Morgan fingerprint density at radius 2 is 2.00 bits per heavy atom. The second-order valence-corrected chi connectivity index (χ2v) is 7.15. The van der Waals surface area contributed by atoms with Gasteiger partial charge >= 0.3 is 0 Å². The molecule has 0 saturated carbocycles. The molecule has 0 fully saturated rings. The summed E-state index contributed by atoms with van der Waals surface area (Å²) in [4.78, 5) is 16.7. The van der Waals surface area contributed by atoms with Crippen LogP contribution in [0.4, 0.5) is 5.69 Å². The summed E-state index contributed by atoms with van der Waals surface area (Å²) < 4.78 is 11.4. The summed E-state index contributed by atoms with van der Waals surface area (Å²) in [6.07, 6.45) is 1.79. The second kappa shape index (κ2) is 7.32. The predicted molar refractivity (Wildman–Crippen MR) is 109 cm³/mol. The Morgan fingerprint density at radius 1 is 1.15 bits per heavy atom. The van der Waals surface area contributed by atoms with E-state index in [4.69, 9.17) is 9.15 Å². The van der Waals surface area contributed by atoms with E-state index in [0.29, 0.717) is 17.0 Å². The van der Waals surface area contributed by atoms with Crippen molar-refractivity contribution in [3.05, 3.63) is 60.3 Å². The average molecular weight is 378 g/mol. The maximum Gasteiger partial charge on any atom is 0.234 e. The van der Waals surface area contributed by atoms with Crippen LogP contribution in [0.3, 0.4) is 0 Å². The number of aryl methyl sites for hydroxylation is 1. The van der Waals surface area contributed by atoms with Gasteiger partial charge in [-0.25, -0.2) is 4.98 Å². The SMILES string of the molecule is COc1cc2c(cc1NC(=O)CSc1ccc(C)cn1)oc1ccccc12. The molecule has 0 atom stereocenters. The summed E-state index contributed by atoms with van der Waals surface area (Å²) in [5.41, 5.74) is 3.19. The van der Waals surface area contributed by atoms with Gasteiger partial charge in [-0.05, 0) is 30.7 Å². The Labute approximate surface area is 160 Å². The summed E-state index contributed by atoms with van der Waals surface area (Å²) in [6, 6.07) is 15.4. The van der Waals surface area contributed by atoms with Gasteiger partial charge in [0.15, 0.2) is 0 Å². The van der Waals surface area contributed by atoms with Gasteiger partial charge < -0.3 is 14.5 Å². The van der Waals surface area contributed by atoms with Gasteiger partial charge in [-0.2, -0.15) is 0 Å². The van der Waals surface area contributed by atoms with Crippen molar-refractivity contribution in [1.29, 1.82) is 0 Å². The Bertz CT molecular complexity index is 1120. The highest BCUT2D eigenvalue weighted by molar-refractivity contribution is 7.99. The van der Waals surface area contributed by atoms with E-state index in [1.54, 1.807) is 19.4 Å². The Morgan fingerprint density at radius 3 is 2.78 bits per heavy atom. The molecule has 0 saturated heterocycles. The number of nitrogens with one attached hydrogen (secondary N) is 1. The number of para-hydroxylation sites is 1. The van der Waals surface area contributed by atoms with Crippen LogP contribution in [0, 0.1) is 6.92 Å². The van der Waals surface area contributed by atoms with E-state index in [-0.39, 0.29) is 11.7 Å². The molecule has 136 valence electrons. The van der Waals surface area contributed by atoms with Crippen molar-refractivity contribution in [1.82, 2.24) is 4.98 Å². The van der Waals surface area contributed by atoms with Crippen molar-refractivity contribution in [3.8, 4) is 5.75 Å². The van der Waals surface area contributed by atoms with Crippen LogP contribution in [-0.4, -0.2) is 23.8 Å². The van der Waals surface area contributed by atoms with Crippen LogP contribution in [0.15, 0.2) is 64.2 Å². The van der Waals surface area contributed by atoms with Gasteiger partial charge in [0.2, 0.25) is 5.91 Å². The number of methoxy groups -OCH3 is 1. The molecule has 2 aromatic heterocycles. The normalized spacial score (nSPS) is 11.0. The Hall–Kier alpha value is -2.99. The summed E-state index contributed by atoms with van der Waals surface area (Å²) in [5, 5.41) is 5.70. The van der Waals surface area contributed by atoms with Crippen molar-refractivity contribution in [2.24, 2.45) is 0 Å². The number of pyridine rings is 1. The van der Waals surface area contributed by atoms with Gasteiger partial charge in [-0.1, -0.05) is 36.0 Å². The molecule has 2 aromatic carbocycles. The fourth-order valence-corrected chi connectivity index (χ4v) is 3.53. The standard InChI is InChI=1S/C21H18N2O3S/c1-13-7-8-21(22-11-13)27-12-20(24)23-16-10-18-15(9-19(16)25-2)14-5-3-4-6-17(14)26-18/h3-11H,12H2,1-2H3,(H,23,24). The highest BCUT2D eigenvalue weighted by Gasteiger charge is 2.14. The number of carbonyl (C=O) groups is 1. The number of nitrogens with zero attached hydrogens (tertiary/aromatic N) is 1. The van der Waals surface area contributed by atoms with Crippen LogP contribution >= 0.6 is 11.8 Å². The Balaban J connectivity index is 1.56. The van der Waals surface area contributed by atoms with Gasteiger partial charge in [0.25, 0.3) is 0 Å². The molecule has 1 amide bonds. The topological polar surface area (TPSA) is 64.4 Å². The number of fused-ring (bicyclic) bond motifs is 3. The number of benzene rings is 2. The van der Waals surface area contributed by atoms with Gasteiger partial charge in [-0.3, -0.25) is 4.79 Å². The largest absolute Gasteiger partial charge is 0.495 e. The number of aromatic nitrogens is 1. The molecule has 6 heteroatoms. The van der Waals surface area contributed by atoms with E-state index in [0.717, 1.165) is 26.9 Å². The highest BCUT2D eigenvalue weighted by Crippen LogP contribution is 2.36. The molecule has 1 N–H and O–H groups in total. The van der Waals surface area contributed by atoms with Crippen LogP contribution in [0.2, 0.25) is 0 Å². The summed E-state index contributed by atoms with van der Waals surface area (Å²) >= 11 is 1.39. The minimum Gasteiger partial charge on any atom is -0.495 e. The molecule has 0 spiro atoms. The summed E-state index contributed by atoms with van der Waals surface area (Å²) in [6.45, 7) is 1.98.